The summed E-state index contributed by atoms with van der Waals surface area (Å²) in [6.07, 6.45) is 2.73. The zero-order valence-electron chi connectivity index (χ0n) is 7.52. The van der Waals surface area contributed by atoms with Gasteiger partial charge in [-0.3, -0.25) is 9.59 Å². The molecule has 72 valence electrons. The molecule has 0 unspecified atom stereocenters. The summed E-state index contributed by atoms with van der Waals surface area (Å²) in [7, 11) is 0. The first-order valence-electron chi connectivity index (χ1n) is 4.06. The smallest absolute Gasteiger partial charge is 0.278 e. The number of carbonyl (C=O) groups excluding carboxylic acids is 1. The summed E-state index contributed by atoms with van der Waals surface area (Å²) >= 11 is 0. The van der Waals surface area contributed by atoms with E-state index in [1.165, 1.54) is 19.6 Å². The highest BCUT2D eigenvalue weighted by Gasteiger charge is 2.07. The summed E-state index contributed by atoms with van der Waals surface area (Å²) in [4.78, 5) is 32.3. The third-order valence-corrected chi connectivity index (χ3v) is 1.80. The van der Waals surface area contributed by atoms with Gasteiger partial charge >= 0.3 is 0 Å². The lowest BCUT2D eigenvalue weighted by Gasteiger charge is -1.97. The van der Waals surface area contributed by atoms with E-state index in [-0.39, 0.29) is 23.4 Å². The molecule has 6 nitrogen and oxygen atoms in total. The lowest BCUT2D eigenvalue weighted by Crippen LogP contribution is -2.09. The van der Waals surface area contributed by atoms with Crippen molar-refractivity contribution in [1.29, 1.82) is 0 Å². The van der Waals surface area contributed by atoms with E-state index in [1.54, 1.807) is 4.57 Å². The minimum absolute atomic E-state index is 0.00798. The highest BCUT2D eigenvalue weighted by atomic mass is 16.1. The number of rotatable bonds is 2. The molecule has 0 radical (unpaired) electrons. The summed E-state index contributed by atoms with van der Waals surface area (Å²) in [5.41, 5.74) is 0.398. The van der Waals surface area contributed by atoms with Crippen molar-refractivity contribution in [3.8, 4) is 0 Å². The molecular formula is C8H8N4O2. The summed E-state index contributed by atoms with van der Waals surface area (Å²) in [6, 6.07) is 0. The van der Waals surface area contributed by atoms with Gasteiger partial charge in [0.25, 0.3) is 5.56 Å². The van der Waals surface area contributed by atoms with E-state index >= 15 is 0 Å². The molecule has 1 N–H and O–H groups in total. The van der Waals surface area contributed by atoms with Crippen LogP contribution in [-0.4, -0.2) is 25.3 Å². The molecule has 2 heterocycles. The van der Waals surface area contributed by atoms with Crippen LogP contribution in [-0.2, 0) is 11.3 Å². The molecule has 2 aromatic heterocycles. The average molecular weight is 192 g/mol. The highest BCUT2D eigenvalue weighted by molar-refractivity contribution is 5.78. The largest absolute Gasteiger partial charge is 0.311 e. The number of hydrogen-bond acceptors (Lipinski definition) is 4. The number of aromatic amines is 1. The van der Waals surface area contributed by atoms with Gasteiger partial charge in [-0.1, -0.05) is 0 Å². The summed E-state index contributed by atoms with van der Waals surface area (Å²) in [5, 5.41) is 0. The van der Waals surface area contributed by atoms with E-state index in [2.05, 4.69) is 15.0 Å². The van der Waals surface area contributed by atoms with E-state index < -0.39 is 0 Å². The second kappa shape index (κ2) is 3.06. The number of nitrogens with zero attached hydrogens (tertiary/aromatic N) is 3. The zero-order chi connectivity index (χ0) is 10.1. The molecule has 0 saturated carbocycles. The Kier molecular flexibility index (Phi) is 1.88. The fraction of sp³-hybridized carbons (Fsp3) is 0.250. The van der Waals surface area contributed by atoms with Crippen LogP contribution in [0.2, 0.25) is 0 Å². The van der Waals surface area contributed by atoms with Crippen LogP contribution in [0, 0.1) is 0 Å². The molecule has 2 aromatic rings. The maximum Gasteiger partial charge on any atom is 0.278 e. The monoisotopic (exact) mass is 192 g/mol. The Morgan fingerprint density at radius 1 is 1.57 bits per heavy atom. The fourth-order valence-electron chi connectivity index (χ4n) is 1.25. The molecule has 0 aromatic carbocycles. The summed E-state index contributed by atoms with van der Waals surface area (Å²) in [5.74, 6) is -0.00798. The number of Topliss-reactive ketones (excluding diaryl/α,β-unsaturated/α-hetero) is 1. The minimum Gasteiger partial charge on any atom is -0.311 e. The van der Waals surface area contributed by atoms with Crippen LogP contribution >= 0.6 is 0 Å². The van der Waals surface area contributed by atoms with Crippen molar-refractivity contribution >= 4 is 16.9 Å². The number of aromatic nitrogens is 4. The second-order valence-electron chi connectivity index (χ2n) is 2.98. The number of H-pyrrole nitrogens is 1. The van der Waals surface area contributed by atoms with Crippen molar-refractivity contribution < 1.29 is 4.79 Å². The number of imidazole rings is 1. The van der Waals surface area contributed by atoms with Gasteiger partial charge in [-0.05, 0) is 6.92 Å². The van der Waals surface area contributed by atoms with Crippen LogP contribution in [0.1, 0.15) is 6.92 Å². The molecule has 0 saturated heterocycles. The van der Waals surface area contributed by atoms with E-state index in [1.807, 2.05) is 0 Å². The van der Waals surface area contributed by atoms with Crippen LogP contribution in [0.4, 0.5) is 0 Å². The van der Waals surface area contributed by atoms with Crippen molar-refractivity contribution in [2.24, 2.45) is 0 Å². The third-order valence-electron chi connectivity index (χ3n) is 1.80. The average Bonchev–Trinajstić information content (AvgIpc) is 2.49. The Balaban J connectivity index is 2.64. The van der Waals surface area contributed by atoms with Gasteiger partial charge < -0.3 is 9.55 Å². The minimum atomic E-state index is -0.294. The Bertz CT molecular complexity index is 540. The van der Waals surface area contributed by atoms with Gasteiger partial charge in [0.2, 0.25) is 0 Å². The molecular weight excluding hydrogens is 184 g/mol. The van der Waals surface area contributed by atoms with Crippen LogP contribution < -0.4 is 5.56 Å². The first-order valence-corrected chi connectivity index (χ1v) is 4.06. The molecule has 6 heteroatoms. The van der Waals surface area contributed by atoms with Gasteiger partial charge in [-0.25, -0.2) is 9.97 Å². The molecule has 0 fully saturated rings. The highest BCUT2D eigenvalue weighted by Crippen LogP contribution is 2.03. The van der Waals surface area contributed by atoms with E-state index in [4.69, 9.17) is 0 Å². The van der Waals surface area contributed by atoms with Crippen LogP contribution in [0.5, 0.6) is 0 Å². The Morgan fingerprint density at radius 3 is 3.07 bits per heavy atom. The zero-order valence-corrected chi connectivity index (χ0v) is 7.52. The second-order valence-corrected chi connectivity index (χ2v) is 2.98. The SMILES string of the molecule is CC(=O)Cn1cnc2c(=O)[nH]cnc21. The third kappa shape index (κ3) is 1.30. The maximum atomic E-state index is 11.2. The topological polar surface area (TPSA) is 80.6 Å². The molecule has 14 heavy (non-hydrogen) atoms. The summed E-state index contributed by atoms with van der Waals surface area (Å²) in [6.45, 7) is 1.66. The number of fused-ring (bicyclic) bond motifs is 1. The van der Waals surface area contributed by atoms with Gasteiger partial charge in [0.05, 0.1) is 19.2 Å². The number of carbonyl (C=O) groups is 1. The first-order chi connectivity index (χ1) is 6.68. The van der Waals surface area contributed by atoms with E-state index in [9.17, 15) is 9.59 Å². The van der Waals surface area contributed by atoms with E-state index in [0.29, 0.717) is 5.65 Å². The van der Waals surface area contributed by atoms with Gasteiger partial charge in [0.1, 0.15) is 5.78 Å². The fourth-order valence-corrected chi connectivity index (χ4v) is 1.25. The van der Waals surface area contributed by atoms with Crippen molar-refractivity contribution in [3.63, 3.8) is 0 Å². The van der Waals surface area contributed by atoms with Gasteiger partial charge in [0, 0.05) is 0 Å². The lowest BCUT2D eigenvalue weighted by molar-refractivity contribution is -0.117. The van der Waals surface area contributed by atoms with Gasteiger partial charge in [-0.15, -0.1) is 0 Å². The van der Waals surface area contributed by atoms with Crippen LogP contribution in [0.15, 0.2) is 17.4 Å². The quantitative estimate of drug-likeness (QED) is 0.708. The molecule has 0 atom stereocenters. The number of nitrogens with one attached hydrogen (secondary N) is 1. The number of hydrogen-bond donors (Lipinski definition) is 1. The van der Waals surface area contributed by atoms with Gasteiger partial charge in [0.15, 0.2) is 11.2 Å². The Morgan fingerprint density at radius 2 is 2.36 bits per heavy atom. The molecule has 0 aliphatic heterocycles. The molecule has 0 aliphatic carbocycles. The standard InChI is InChI=1S/C8H8N4O2/c1-5(13)2-12-4-11-6-7(12)9-3-10-8(6)14/h3-4H,2H2,1H3,(H,9,10,14). The summed E-state index contributed by atoms with van der Waals surface area (Å²) < 4.78 is 1.55. The van der Waals surface area contributed by atoms with Crippen molar-refractivity contribution in [2.45, 2.75) is 13.5 Å². The lowest BCUT2D eigenvalue weighted by atomic mass is 10.4. The predicted octanol–water partition coefficient (Wildman–Crippen LogP) is -0.291. The van der Waals surface area contributed by atoms with Gasteiger partial charge in [-0.2, -0.15) is 0 Å². The van der Waals surface area contributed by atoms with E-state index in [0.717, 1.165) is 0 Å². The van der Waals surface area contributed by atoms with Crippen molar-refractivity contribution in [3.05, 3.63) is 23.0 Å². The number of ketones is 1. The molecule has 0 bridgehead atoms. The predicted molar refractivity (Wildman–Crippen MR) is 48.8 cm³/mol. The first kappa shape index (κ1) is 8.61. The molecule has 0 amide bonds. The van der Waals surface area contributed by atoms with Crippen molar-refractivity contribution in [1.82, 2.24) is 19.5 Å². The molecule has 2 rings (SSSR count). The maximum absolute atomic E-state index is 11.2. The Labute approximate surface area is 78.6 Å². The normalized spacial score (nSPS) is 10.6. The molecule has 0 aliphatic rings. The van der Waals surface area contributed by atoms with Crippen LogP contribution in [0.25, 0.3) is 11.2 Å². The van der Waals surface area contributed by atoms with Crippen molar-refractivity contribution in [2.75, 3.05) is 0 Å². The Hall–Kier alpha value is -1.98. The molecule has 0 spiro atoms. The van der Waals surface area contributed by atoms with Crippen LogP contribution in [0.3, 0.4) is 0 Å².